The van der Waals surface area contributed by atoms with Crippen LogP contribution in [0.15, 0.2) is 24.3 Å². The minimum absolute atomic E-state index is 0.00704. The van der Waals surface area contributed by atoms with Crippen molar-refractivity contribution < 1.29 is 13.2 Å². The summed E-state index contributed by atoms with van der Waals surface area (Å²) < 4.78 is 31.0. The molecule has 5 heteroatoms. The summed E-state index contributed by atoms with van der Waals surface area (Å²) in [5.41, 5.74) is 2.01. The molecule has 0 bridgehead atoms. The second-order valence-corrected chi connectivity index (χ2v) is 6.95. The van der Waals surface area contributed by atoms with Crippen LogP contribution >= 0.6 is 0 Å². The van der Waals surface area contributed by atoms with E-state index in [1.165, 1.54) is 11.8 Å². The normalized spacial score (nSPS) is 37.6. The molecular formula is C12H13NO3S. The van der Waals surface area contributed by atoms with Crippen LogP contribution in [0.3, 0.4) is 0 Å². The van der Waals surface area contributed by atoms with Crippen molar-refractivity contribution in [2.75, 3.05) is 10.6 Å². The van der Waals surface area contributed by atoms with E-state index < -0.39 is 10.0 Å². The highest BCUT2D eigenvalue weighted by molar-refractivity contribution is 7.92. The molecule has 0 spiro atoms. The molecule has 1 aromatic rings. The van der Waals surface area contributed by atoms with Crippen molar-refractivity contribution in [3.8, 4) is 0 Å². The van der Waals surface area contributed by atoms with E-state index in [1.54, 1.807) is 4.31 Å². The first-order valence-corrected chi connectivity index (χ1v) is 7.66. The van der Waals surface area contributed by atoms with E-state index >= 15 is 0 Å². The van der Waals surface area contributed by atoms with Gasteiger partial charge >= 0.3 is 0 Å². The Labute approximate surface area is 100 Å². The summed E-state index contributed by atoms with van der Waals surface area (Å²) in [5, 5.41) is 0. The van der Waals surface area contributed by atoms with Gasteiger partial charge in [0.05, 0.1) is 24.1 Å². The first kappa shape index (κ1) is 9.91. The Kier molecular flexibility index (Phi) is 1.66. The topological polar surface area (TPSA) is 49.9 Å². The number of epoxide rings is 1. The highest BCUT2D eigenvalue weighted by Crippen LogP contribution is 2.57. The molecule has 0 amide bonds. The minimum Gasteiger partial charge on any atom is -0.367 e. The SMILES string of the molecule is CS(=O)(=O)N1c2ccccc2[C@@H]2C[C@@H]3O[C@@H]3[C@@H]21. The highest BCUT2D eigenvalue weighted by atomic mass is 32.2. The molecular weight excluding hydrogens is 238 g/mol. The number of hydrogen-bond donors (Lipinski definition) is 0. The molecule has 2 aliphatic heterocycles. The summed E-state index contributed by atoms with van der Waals surface area (Å²) in [4.78, 5) is 0. The molecule has 4 nitrogen and oxygen atoms in total. The summed E-state index contributed by atoms with van der Waals surface area (Å²) >= 11 is 0. The van der Waals surface area contributed by atoms with Gasteiger partial charge in [-0.3, -0.25) is 4.31 Å². The van der Waals surface area contributed by atoms with E-state index in [4.69, 9.17) is 4.74 Å². The molecule has 0 aromatic heterocycles. The number of hydrogen-bond acceptors (Lipinski definition) is 3. The van der Waals surface area contributed by atoms with Crippen LogP contribution in [0.1, 0.15) is 17.9 Å². The Hall–Kier alpha value is -1.07. The second-order valence-electron chi connectivity index (χ2n) is 5.09. The van der Waals surface area contributed by atoms with Crippen molar-refractivity contribution in [2.45, 2.75) is 30.6 Å². The molecule has 1 aromatic carbocycles. The molecule has 1 saturated carbocycles. The lowest BCUT2D eigenvalue weighted by atomic mass is 9.97. The zero-order chi connectivity index (χ0) is 11.8. The van der Waals surface area contributed by atoms with Crippen molar-refractivity contribution in [2.24, 2.45) is 0 Å². The summed E-state index contributed by atoms with van der Waals surface area (Å²) in [6, 6.07) is 7.80. The van der Waals surface area contributed by atoms with Gasteiger partial charge in [-0.1, -0.05) is 18.2 Å². The average molecular weight is 251 g/mol. The molecule has 4 atom stereocenters. The van der Waals surface area contributed by atoms with Crippen molar-refractivity contribution in [1.29, 1.82) is 0 Å². The number of ether oxygens (including phenoxy) is 1. The monoisotopic (exact) mass is 251 g/mol. The number of fused-ring (bicyclic) bond motifs is 5. The van der Waals surface area contributed by atoms with Gasteiger partial charge < -0.3 is 4.74 Å². The molecule has 90 valence electrons. The maximum atomic E-state index is 12.0. The highest BCUT2D eigenvalue weighted by Gasteiger charge is 2.62. The number of para-hydroxylation sites is 1. The Bertz CT molecular complexity index is 598. The van der Waals surface area contributed by atoms with E-state index in [2.05, 4.69) is 0 Å². The third-order valence-electron chi connectivity index (χ3n) is 4.06. The van der Waals surface area contributed by atoms with E-state index in [9.17, 15) is 8.42 Å². The molecule has 2 fully saturated rings. The lowest BCUT2D eigenvalue weighted by Crippen LogP contribution is -2.40. The maximum absolute atomic E-state index is 12.0. The first-order chi connectivity index (χ1) is 8.07. The Morgan fingerprint density at radius 1 is 1.35 bits per heavy atom. The average Bonchev–Trinajstić information content (AvgIpc) is 2.79. The fourth-order valence-corrected chi connectivity index (χ4v) is 4.67. The third kappa shape index (κ3) is 1.18. The van der Waals surface area contributed by atoms with E-state index in [0.29, 0.717) is 5.92 Å². The summed E-state index contributed by atoms with van der Waals surface area (Å²) in [5.74, 6) is 0.324. The first-order valence-electron chi connectivity index (χ1n) is 5.81. The predicted octanol–water partition coefficient (Wildman–Crippen LogP) is 1.09. The van der Waals surface area contributed by atoms with E-state index in [0.717, 1.165) is 12.1 Å². The molecule has 0 unspecified atom stereocenters. The van der Waals surface area contributed by atoms with E-state index in [-0.39, 0.29) is 18.2 Å². The summed E-state index contributed by atoms with van der Waals surface area (Å²) in [7, 11) is -3.22. The van der Waals surface area contributed by atoms with Crippen LogP contribution in [-0.2, 0) is 14.8 Å². The van der Waals surface area contributed by atoms with Gasteiger partial charge in [0.15, 0.2) is 0 Å². The third-order valence-corrected chi connectivity index (χ3v) is 5.21. The van der Waals surface area contributed by atoms with Crippen molar-refractivity contribution in [3.63, 3.8) is 0 Å². The van der Waals surface area contributed by atoms with E-state index in [1.807, 2.05) is 24.3 Å². The lowest BCUT2D eigenvalue weighted by Gasteiger charge is -2.24. The molecule has 3 aliphatic rings. The van der Waals surface area contributed by atoms with Crippen LogP contribution < -0.4 is 4.31 Å². The van der Waals surface area contributed by atoms with Crippen molar-refractivity contribution in [3.05, 3.63) is 29.8 Å². The van der Waals surface area contributed by atoms with Gasteiger partial charge in [0.1, 0.15) is 6.10 Å². The zero-order valence-corrected chi connectivity index (χ0v) is 10.2. The van der Waals surface area contributed by atoms with Crippen LogP contribution in [0.4, 0.5) is 5.69 Å². The van der Waals surface area contributed by atoms with Crippen LogP contribution in [0.5, 0.6) is 0 Å². The molecule has 17 heavy (non-hydrogen) atoms. The fourth-order valence-electron chi connectivity index (χ4n) is 3.44. The van der Waals surface area contributed by atoms with Crippen LogP contribution in [-0.4, -0.2) is 32.9 Å². The summed E-state index contributed by atoms with van der Waals surface area (Å²) in [6.07, 6.45) is 2.63. The molecule has 0 N–H and O–H groups in total. The zero-order valence-electron chi connectivity index (χ0n) is 9.41. The van der Waals surface area contributed by atoms with Crippen LogP contribution in [0, 0.1) is 0 Å². The predicted molar refractivity (Wildman–Crippen MR) is 63.6 cm³/mol. The standard InChI is InChI=1S/C12H13NO3S/c1-17(14,15)13-9-5-3-2-4-7(9)8-6-10-12(16-10)11(8)13/h2-5,8,10-12H,6H2,1H3/t8-,10-,11+,12-/m0/s1. The molecule has 2 heterocycles. The number of anilines is 1. The quantitative estimate of drug-likeness (QED) is 0.702. The van der Waals surface area contributed by atoms with Gasteiger partial charge in [0.25, 0.3) is 0 Å². The Morgan fingerprint density at radius 2 is 2.12 bits per heavy atom. The summed E-state index contributed by atoms with van der Waals surface area (Å²) in [6.45, 7) is 0. The van der Waals surface area contributed by atoms with Gasteiger partial charge in [0, 0.05) is 5.92 Å². The smallest absolute Gasteiger partial charge is 0.232 e. The molecule has 1 aliphatic carbocycles. The largest absolute Gasteiger partial charge is 0.367 e. The minimum atomic E-state index is -3.22. The van der Waals surface area contributed by atoms with Gasteiger partial charge in [-0.25, -0.2) is 8.42 Å². The van der Waals surface area contributed by atoms with Gasteiger partial charge in [-0.15, -0.1) is 0 Å². The molecule has 4 rings (SSSR count). The molecule has 0 radical (unpaired) electrons. The van der Waals surface area contributed by atoms with Crippen LogP contribution in [0.25, 0.3) is 0 Å². The number of rotatable bonds is 1. The van der Waals surface area contributed by atoms with Crippen molar-refractivity contribution >= 4 is 15.7 Å². The molecule has 1 saturated heterocycles. The van der Waals surface area contributed by atoms with Gasteiger partial charge in [-0.2, -0.15) is 0 Å². The van der Waals surface area contributed by atoms with Gasteiger partial charge in [-0.05, 0) is 18.1 Å². The fraction of sp³-hybridized carbons (Fsp3) is 0.500. The number of nitrogens with zero attached hydrogens (tertiary/aromatic N) is 1. The van der Waals surface area contributed by atoms with Gasteiger partial charge in [0.2, 0.25) is 10.0 Å². The van der Waals surface area contributed by atoms with Crippen LogP contribution in [0.2, 0.25) is 0 Å². The number of benzene rings is 1. The maximum Gasteiger partial charge on any atom is 0.232 e. The van der Waals surface area contributed by atoms with Crippen molar-refractivity contribution in [1.82, 2.24) is 0 Å². The lowest BCUT2D eigenvalue weighted by molar-refractivity contribution is 0.290. The Morgan fingerprint density at radius 3 is 2.88 bits per heavy atom. The second kappa shape index (κ2) is 2.84. The number of sulfonamides is 1. The Balaban J connectivity index is 1.93.